The van der Waals surface area contributed by atoms with Crippen LogP contribution in [0.1, 0.15) is 46.0 Å². The molecular weight excluding hydrogens is 210 g/mol. The highest BCUT2D eigenvalue weighted by Crippen LogP contribution is 2.22. The Morgan fingerprint density at radius 1 is 1.06 bits per heavy atom. The van der Waals surface area contributed by atoms with Crippen molar-refractivity contribution in [2.75, 3.05) is 26.2 Å². The Labute approximate surface area is 106 Å². The van der Waals surface area contributed by atoms with Crippen LogP contribution in [0.2, 0.25) is 0 Å². The Balaban J connectivity index is 1.73. The monoisotopic (exact) mass is 239 g/mol. The first-order valence-electron chi connectivity index (χ1n) is 7.40. The molecule has 2 aliphatic heterocycles. The van der Waals surface area contributed by atoms with E-state index in [1.807, 2.05) is 0 Å². The maximum absolute atomic E-state index is 5.89. The normalized spacial score (nSPS) is 28.4. The largest absolute Gasteiger partial charge is 0.328 e. The second-order valence-corrected chi connectivity index (χ2v) is 6.07. The Bertz CT molecular complexity index is 216. The zero-order valence-corrected chi connectivity index (χ0v) is 11.6. The van der Waals surface area contributed by atoms with Crippen molar-refractivity contribution in [1.29, 1.82) is 0 Å². The molecule has 2 rings (SSSR count). The van der Waals surface area contributed by atoms with E-state index in [4.69, 9.17) is 5.73 Å². The average molecular weight is 239 g/mol. The summed E-state index contributed by atoms with van der Waals surface area (Å²) in [6.07, 6.45) is 6.70. The van der Waals surface area contributed by atoms with Gasteiger partial charge in [-0.1, -0.05) is 0 Å². The van der Waals surface area contributed by atoms with Crippen molar-refractivity contribution in [3.05, 3.63) is 0 Å². The zero-order chi connectivity index (χ0) is 12.3. The van der Waals surface area contributed by atoms with E-state index < -0.39 is 0 Å². The molecule has 0 radical (unpaired) electrons. The predicted molar refractivity (Wildman–Crippen MR) is 73.1 cm³/mol. The quantitative estimate of drug-likeness (QED) is 0.810. The zero-order valence-electron chi connectivity index (χ0n) is 11.6. The van der Waals surface area contributed by atoms with Crippen molar-refractivity contribution in [3.63, 3.8) is 0 Å². The number of rotatable bonds is 4. The summed E-state index contributed by atoms with van der Waals surface area (Å²) in [7, 11) is 0. The lowest BCUT2D eigenvalue weighted by molar-refractivity contribution is 0.0966. The molecule has 2 unspecified atom stereocenters. The summed E-state index contributed by atoms with van der Waals surface area (Å²) in [5, 5.41) is 0. The van der Waals surface area contributed by atoms with Crippen molar-refractivity contribution in [2.45, 2.75) is 64.1 Å². The summed E-state index contributed by atoms with van der Waals surface area (Å²) in [5.41, 5.74) is 5.89. The Morgan fingerprint density at radius 2 is 1.65 bits per heavy atom. The molecule has 0 aromatic rings. The summed E-state index contributed by atoms with van der Waals surface area (Å²) < 4.78 is 0. The molecule has 2 saturated heterocycles. The fourth-order valence-corrected chi connectivity index (χ4v) is 3.49. The molecule has 3 heteroatoms. The molecule has 2 fully saturated rings. The fraction of sp³-hybridized carbons (Fsp3) is 1.00. The molecular formula is C14H29N3. The minimum atomic E-state index is 0.335. The van der Waals surface area contributed by atoms with Crippen molar-refractivity contribution in [3.8, 4) is 0 Å². The summed E-state index contributed by atoms with van der Waals surface area (Å²) in [6, 6.07) is 1.87. The molecule has 2 atom stereocenters. The lowest BCUT2D eigenvalue weighted by atomic mass is 10.00. The van der Waals surface area contributed by atoms with E-state index in [1.165, 1.54) is 51.9 Å². The second-order valence-electron chi connectivity index (χ2n) is 6.07. The van der Waals surface area contributed by atoms with E-state index in [0.29, 0.717) is 12.1 Å². The highest BCUT2D eigenvalue weighted by atomic mass is 15.2. The maximum atomic E-state index is 5.89. The molecule has 100 valence electrons. The van der Waals surface area contributed by atoms with Gasteiger partial charge in [0.15, 0.2) is 0 Å². The van der Waals surface area contributed by atoms with Crippen molar-refractivity contribution in [2.24, 2.45) is 5.73 Å². The molecule has 0 spiro atoms. The summed E-state index contributed by atoms with van der Waals surface area (Å²) in [5.74, 6) is 0. The third-order valence-electron chi connectivity index (χ3n) is 4.49. The molecule has 0 aromatic heterocycles. The number of nitrogens with zero attached hydrogens (tertiary/aromatic N) is 2. The van der Waals surface area contributed by atoms with Crippen LogP contribution < -0.4 is 5.73 Å². The van der Waals surface area contributed by atoms with Gasteiger partial charge in [0.1, 0.15) is 0 Å². The van der Waals surface area contributed by atoms with Crippen LogP contribution in [0.4, 0.5) is 0 Å². The second kappa shape index (κ2) is 6.17. The van der Waals surface area contributed by atoms with Crippen LogP contribution in [-0.4, -0.2) is 54.1 Å². The number of likely N-dealkylation sites (tertiary alicyclic amines) is 2. The summed E-state index contributed by atoms with van der Waals surface area (Å²) >= 11 is 0. The Kier molecular flexibility index (Phi) is 4.83. The molecule has 2 aliphatic rings. The van der Waals surface area contributed by atoms with Crippen LogP contribution in [0.3, 0.4) is 0 Å². The Morgan fingerprint density at radius 3 is 2.18 bits per heavy atom. The number of hydrogen-bond acceptors (Lipinski definition) is 3. The van der Waals surface area contributed by atoms with Gasteiger partial charge in [0.05, 0.1) is 0 Å². The average Bonchev–Trinajstić information content (AvgIpc) is 2.82. The van der Waals surface area contributed by atoms with E-state index in [0.717, 1.165) is 12.5 Å². The van der Waals surface area contributed by atoms with Gasteiger partial charge in [0.2, 0.25) is 0 Å². The van der Waals surface area contributed by atoms with Gasteiger partial charge >= 0.3 is 0 Å². The van der Waals surface area contributed by atoms with Crippen LogP contribution in [0.25, 0.3) is 0 Å². The number of nitrogens with two attached hydrogens (primary N) is 1. The van der Waals surface area contributed by atoms with Gasteiger partial charge < -0.3 is 15.5 Å². The lowest BCUT2D eigenvalue weighted by Gasteiger charge is -2.39. The lowest BCUT2D eigenvalue weighted by Crippen LogP contribution is -2.47. The molecule has 2 heterocycles. The maximum Gasteiger partial charge on any atom is 0.0120 e. The predicted octanol–water partition coefficient (Wildman–Crippen LogP) is 1.67. The van der Waals surface area contributed by atoms with Crippen LogP contribution in [0, 0.1) is 0 Å². The molecule has 0 amide bonds. The first kappa shape index (κ1) is 13.3. The molecule has 2 N–H and O–H groups in total. The van der Waals surface area contributed by atoms with Crippen LogP contribution in [-0.2, 0) is 0 Å². The topological polar surface area (TPSA) is 32.5 Å². The van der Waals surface area contributed by atoms with Crippen LogP contribution >= 0.6 is 0 Å². The smallest absolute Gasteiger partial charge is 0.0120 e. The summed E-state index contributed by atoms with van der Waals surface area (Å²) in [4.78, 5) is 5.35. The van der Waals surface area contributed by atoms with E-state index in [1.54, 1.807) is 0 Å². The van der Waals surface area contributed by atoms with Gasteiger partial charge in [-0.15, -0.1) is 0 Å². The fourth-order valence-electron chi connectivity index (χ4n) is 3.49. The van der Waals surface area contributed by atoms with Gasteiger partial charge in [0.25, 0.3) is 0 Å². The van der Waals surface area contributed by atoms with Gasteiger partial charge in [-0.2, -0.15) is 0 Å². The number of piperidine rings is 1. The summed E-state index contributed by atoms with van der Waals surface area (Å²) in [6.45, 7) is 9.69. The minimum Gasteiger partial charge on any atom is -0.328 e. The van der Waals surface area contributed by atoms with Gasteiger partial charge in [0, 0.05) is 18.1 Å². The van der Waals surface area contributed by atoms with Crippen molar-refractivity contribution >= 4 is 0 Å². The number of hydrogen-bond donors (Lipinski definition) is 1. The molecule has 0 aliphatic carbocycles. The van der Waals surface area contributed by atoms with E-state index in [-0.39, 0.29) is 0 Å². The molecule has 0 bridgehead atoms. The molecule has 3 nitrogen and oxygen atoms in total. The third kappa shape index (κ3) is 3.67. The standard InChI is InChI=1S/C14H29N3/c1-12(15)11-13(2)16-9-5-14(6-10-16)17-7-3-4-8-17/h12-14H,3-11,15H2,1-2H3. The van der Waals surface area contributed by atoms with Gasteiger partial charge in [-0.3, -0.25) is 0 Å². The molecule has 0 saturated carbocycles. The first-order valence-corrected chi connectivity index (χ1v) is 7.40. The van der Waals surface area contributed by atoms with Crippen molar-refractivity contribution < 1.29 is 0 Å². The molecule has 17 heavy (non-hydrogen) atoms. The highest BCUT2D eigenvalue weighted by Gasteiger charge is 2.28. The van der Waals surface area contributed by atoms with Gasteiger partial charge in [-0.05, 0) is 72.1 Å². The van der Waals surface area contributed by atoms with Crippen LogP contribution in [0.15, 0.2) is 0 Å². The van der Waals surface area contributed by atoms with Crippen molar-refractivity contribution in [1.82, 2.24) is 9.80 Å². The third-order valence-corrected chi connectivity index (χ3v) is 4.49. The van der Waals surface area contributed by atoms with E-state index in [9.17, 15) is 0 Å². The Hall–Kier alpha value is -0.120. The highest BCUT2D eigenvalue weighted by molar-refractivity contribution is 4.84. The molecule has 0 aromatic carbocycles. The SMILES string of the molecule is CC(N)CC(C)N1CCC(N2CCCC2)CC1. The minimum absolute atomic E-state index is 0.335. The van der Waals surface area contributed by atoms with Gasteiger partial charge in [-0.25, -0.2) is 0 Å². The first-order chi connectivity index (χ1) is 8.16. The van der Waals surface area contributed by atoms with Crippen LogP contribution in [0.5, 0.6) is 0 Å². The van der Waals surface area contributed by atoms with E-state index in [2.05, 4.69) is 23.6 Å². The van der Waals surface area contributed by atoms with E-state index >= 15 is 0 Å².